The molecule has 0 radical (unpaired) electrons. The van der Waals surface area contributed by atoms with Crippen LogP contribution in [0, 0.1) is 0 Å². The van der Waals surface area contributed by atoms with Gasteiger partial charge in [0.25, 0.3) is 0 Å². The Kier molecular flexibility index (Phi) is 6.73. The standard InChI is InChI=1S/C16H29N5S/c1-4-8-15(22)21(5-2)14-11-6-9-13(10-7-12-14)16-17-18-19-20(16)3/h13-14H,4-12H2,1-3H3. The molecule has 1 aromatic rings. The third-order valence-corrected chi connectivity index (χ3v) is 5.20. The monoisotopic (exact) mass is 323 g/mol. The largest absolute Gasteiger partial charge is 0.363 e. The van der Waals surface area contributed by atoms with Gasteiger partial charge in [0.15, 0.2) is 5.82 Å². The van der Waals surface area contributed by atoms with Gasteiger partial charge in [0.2, 0.25) is 0 Å². The summed E-state index contributed by atoms with van der Waals surface area (Å²) >= 11 is 5.63. The fourth-order valence-corrected chi connectivity index (χ4v) is 4.12. The Morgan fingerprint density at radius 2 is 1.91 bits per heavy atom. The minimum Gasteiger partial charge on any atom is -0.363 e. The highest BCUT2D eigenvalue weighted by atomic mass is 32.1. The molecule has 0 bridgehead atoms. The highest BCUT2D eigenvalue weighted by Gasteiger charge is 2.25. The quantitative estimate of drug-likeness (QED) is 0.777. The maximum absolute atomic E-state index is 5.63. The van der Waals surface area contributed by atoms with E-state index in [-0.39, 0.29) is 0 Å². The Hall–Kier alpha value is -1.04. The molecule has 1 aromatic heterocycles. The molecule has 0 aliphatic heterocycles. The van der Waals surface area contributed by atoms with E-state index >= 15 is 0 Å². The van der Waals surface area contributed by atoms with Gasteiger partial charge in [-0.15, -0.1) is 5.10 Å². The van der Waals surface area contributed by atoms with E-state index < -0.39 is 0 Å². The van der Waals surface area contributed by atoms with E-state index in [0.29, 0.717) is 12.0 Å². The Balaban J connectivity index is 1.93. The molecule has 0 N–H and O–H groups in total. The summed E-state index contributed by atoms with van der Waals surface area (Å²) in [5.74, 6) is 1.56. The average molecular weight is 324 g/mol. The maximum Gasteiger partial charge on any atom is 0.153 e. The molecule has 2 rings (SSSR count). The van der Waals surface area contributed by atoms with Crippen molar-refractivity contribution >= 4 is 17.2 Å². The van der Waals surface area contributed by atoms with E-state index in [4.69, 9.17) is 12.2 Å². The van der Waals surface area contributed by atoms with Crippen molar-refractivity contribution in [1.82, 2.24) is 25.1 Å². The maximum atomic E-state index is 5.63. The second-order valence-electron chi connectivity index (χ2n) is 6.30. The Labute approximate surface area is 139 Å². The zero-order valence-corrected chi connectivity index (χ0v) is 15.0. The summed E-state index contributed by atoms with van der Waals surface area (Å²) in [6.07, 6.45) is 9.49. The second-order valence-corrected chi connectivity index (χ2v) is 6.77. The highest BCUT2D eigenvalue weighted by Crippen LogP contribution is 2.31. The topological polar surface area (TPSA) is 46.8 Å². The summed E-state index contributed by atoms with van der Waals surface area (Å²) < 4.78 is 1.83. The number of hydrogen-bond acceptors (Lipinski definition) is 4. The van der Waals surface area contributed by atoms with Gasteiger partial charge in [-0.25, -0.2) is 4.68 Å². The lowest BCUT2D eigenvalue weighted by Gasteiger charge is -2.35. The highest BCUT2D eigenvalue weighted by molar-refractivity contribution is 7.80. The van der Waals surface area contributed by atoms with E-state index in [1.165, 1.54) is 38.5 Å². The van der Waals surface area contributed by atoms with Gasteiger partial charge in [-0.2, -0.15) is 0 Å². The molecule has 1 heterocycles. The molecular weight excluding hydrogens is 294 g/mol. The number of thiocarbonyl (C=S) groups is 1. The van der Waals surface area contributed by atoms with Crippen molar-refractivity contribution in [2.75, 3.05) is 6.54 Å². The molecule has 0 spiro atoms. The Bertz CT molecular complexity index is 463. The lowest BCUT2D eigenvalue weighted by Crippen LogP contribution is -2.39. The molecule has 5 nitrogen and oxygen atoms in total. The lowest BCUT2D eigenvalue weighted by atomic mass is 9.88. The summed E-state index contributed by atoms with van der Waals surface area (Å²) in [5.41, 5.74) is 0. The van der Waals surface area contributed by atoms with Gasteiger partial charge in [0.1, 0.15) is 0 Å². The third kappa shape index (κ3) is 4.24. The molecule has 1 aliphatic rings. The van der Waals surface area contributed by atoms with Gasteiger partial charge in [-0.1, -0.05) is 32.0 Å². The van der Waals surface area contributed by atoms with Crippen molar-refractivity contribution in [2.45, 2.75) is 77.2 Å². The van der Waals surface area contributed by atoms with E-state index in [1.807, 2.05) is 11.7 Å². The molecule has 124 valence electrons. The predicted octanol–water partition coefficient (Wildman–Crippen LogP) is 3.47. The molecule has 0 aromatic carbocycles. The number of aryl methyl sites for hydroxylation is 1. The fraction of sp³-hybridized carbons (Fsp3) is 0.875. The number of nitrogens with zero attached hydrogens (tertiary/aromatic N) is 5. The molecule has 0 amide bonds. The Morgan fingerprint density at radius 3 is 2.41 bits per heavy atom. The molecule has 0 atom stereocenters. The molecule has 6 heteroatoms. The lowest BCUT2D eigenvalue weighted by molar-refractivity contribution is 0.257. The smallest absolute Gasteiger partial charge is 0.153 e. The number of hydrogen-bond donors (Lipinski definition) is 0. The van der Waals surface area contributed by atoms with Gasteiger partial charge >= 0.3 is 0 Å². The van der Waals surface area contributed by atoms with Gasteiger partial charge < -0.3 is 4.90 Å². The summed E-state index contributed by atoms with van der Waals surface area (Å²) in [7, 11) is 1.94. The summed E-state index contributed by atoms with van der Waals surface area (Å²) in [6, 6.07) is 0.627. The van der Waals surface area contributed by atoms with E-state index in [2.05, 4.69) is 34.3 Å². The van der Waals surface area contributed by atoms with Crippen molar-refractivity contribution in [1.29, 1.82) is 0 Å². The first kappa shape index (κ1) is 17.3. The van der Waals surface area contributed by atoms with Crippen LogP contribution in [0.1, 0.15) is 77.0 Å². The van der Waals surface area contributed by atoms with Crippen LogP contribution in [-0.2, 0) is 7.05 Å². The zero-order valence-electron chi connectivity index (χ0n) is 14.2. The summed E-state index contributed by atoms with van der Waals surface area (Å²) in [6.45, 7) is 5.48. The van der Waals surface area contributed by atoms with Crippen LogP contribution < -0.4 is 0 Å². The van der Waals surface area contributed by atoms with Crippen molar-refractivity contribution in [2.24, 2.45) is 7.05 Å². The van der Waals surface area contributed by atoms with Crippen LogP contribution in [0.2, 0.25) is 0 Å². The molecule has 22 heavy (non-hydrogen) atoms. The first-order valence-electron chi connectivity index (χ1n) is 8.69. The number of aromatic nitrogens is 4. The van der Waals surface area contributed by atoms with Crippen LogP contribution in [0.4, 0.5) is 0 Å². The van der Waals surface area contributed by atoms with Gasteiger partial charge in [-0.05, 0) is 55.9 Å². The molecule has 1 saturated carbocycles. The van der Waals surface area contributed by atoms with Crippen molar-refractivity contribution < 1.29 is 0 Å². The second kappa shape index (κ2) is 8.56. The van der Waals surface area contributed by atoms with Crippen molar-refractivity contribution in [3.63, 3.8) is 0 Å². The van der Waals surface area contributed by atoms with Crippen LogP contribution in [0.25, 0.3) is 0 Å². The van der Waals surface area contributed by atoms with Crippen LogP contribution in [0.5, 0.6) is 0 Å². The molecule has 1 aliphatic carbocycles. The summed E-state index contributed by atoms with van der Waals surface area (Å²) in [5, 5.41) is 12.0. The molecule has 0 unspecified atom stereocenters. The summed E-state index contributed by atoms with van der Waals surface area (Å²) in [4.78, 5) is 3.63. The molecule has 1 fully saturated rings. The SMILES string of the molecule is CCCC(=S)N(CC)C1CCCC(c2nnnn2C)CCC1. The number of tetrazole rings is 1. The van der Waals surface area contributed by atoms with Crippen molar-refractivity contribution in [3.05, 3.63) is 5.82 Å². The third-order valence-electron chi connectivity index (χ3n) is 4.76. The first-order chi connectivity index (χ1) is 10.7. The van der Waals surface area contributed by atoms with Gasteiger partial charge in [-0.3, -0.25) is 0 Å². The minimum absolute atomic E-state index is 0.513. The van der Waals surface area contributed by atoms with Crippen LogP contribution in [0.3, 0.4) is 0 Å². The van der Waals surface area contributed by atoms with Crippen LogP contribution >= 0.6 is 12.2 Å². The van der Waals surface area contributed by atoms with Gasteiger partial charge in [0.05, 0.1) is 4.99 Å². The zero-order chi connectivity index (χ0) is 15.9. The number of rotatable bonds is 5. The molecular formula is C16H29N5S. The van der Waals surface area contributed by atoms with E-state index in [9.17, 15) is 0 Å². The van der Waals surface area contributed by atoms with E-state index in [1.54, 1.807) is 0 Å². The first-order valence-corrected chi connectivity index (χ1v) is 9.09. The van der Waals surface area contributed by atoms with Crippen LogP contribution in [0.15, 0.2) is 0 Å². The Morgan fingerprint density at radius 1 is 1.23 bits per heavy atom. The normalized spacial score (nSPS) is 22.9. The average Bonchev–Trinajstić information content (AvgIpc) is 2.88. The molecule has 0 saturated heterocycles. The predicted molar refractivity (Wildman–Crippen MR) is 92.9 cm³/mol. The minimum atomic E-state index is 0.513. The van der Waals surface area contributed by atoms with Crippen LogP contribution in [-0.4, -0.2) is 42.7 Å². The van der Waals surface area contributed by atoms with Crippen molar-refractivity contribution in [3.8, 4) is 0 Å². The van der Waals surface area contributed by atoms with E-state index in [0.717, 1.165) is 30.2 Å². The fourth-order valence-electron chi connectivity index (χ4n) is 3.64. The van der Waals surface area contributed by atoms with Gasteiger partial charge in [0, 0.05) is 25.6 Å².